The Morgan fingerprint density at radius 3 is 2.64 bits per heavy atom. The zero-order valence-corrected chi connectivity index (χ0v) is 6.76. The van der Waals surface area contributed by atoms with Gasteiger partial charge in [-0.2, -0.15) is 5.26 Å². The van der Waals surface area contributed by atoms with Gasteiger partial charge in [0.25, 0.3) is 0 Å². The van der Waals surface area contributed by atoms with Crippen LogP contribution in [-0.2, 0) is 0 Å². The molecule has 0 aliphatic heterocycles. The van der Waals surface area contributed by atoms with Crippen molar-refractivity contribution >= 4 is 6.72 Å². The number of nitrogens with zero attached hydrogens (tertiary/aromatic N) is 2. The Bertz CT molecular complexity index is 230. The molecule has 0 atom stereocenters. The molecule has 3 nitrogen and oxygen atoms in total. The van der Waals surface area contributed by atoms with Crippen LogP contribution in [0.3, 0.4) is 0 Å². The lowest BCUT2D eigenvalue weighted by Crippen LogP contribution is -2.05. The third kappa shape index (κ3) is 2.67. The molecule has 0 unspecified atom stereocenters. The van der Waals surface area contributed by atoms with Gasteiger partial charge in [0.1, 0.15) is 6.07 Å². The van der Waals surface area contributed by atoms with Gasteiger partial charge < -0.3 is 5.32 Å². The van der Waals surface area contributed by atoms with E-state index < -0.39 is 0 Å². The highest BCUT2D eigenvalue weighted by Crippen LogP contribution is 2.01. The summed E-state index contributed by atoms with van der Waals surface area (Å²) in [5, 5.41) is 11.4. The van der Waals surface area contributed by atoms with Crippen LogP contribution in [0.1, 0.15) is 6.92 Å². The van der Waals surface area contributed by atoms with E-state index in [-0.39, 0.29) is 0 Å². The summed E-state index contributed by atoms with van der Waals surface area (Å²) in [4.78, 5) is 3.55. The number of nitriles is 1. The van der Waals surface area contributed by atoms with Crippen molar-refractivity contribution in [3.8, 4) is 6.07 Å². The number of aliphatic imine (C=N–C) groups is 1. The summed E-state index contributed by atoms with van der Waals surface area (Å²) >= 11 is 0. The van der Waals surface area contributed by atoms with E-state index in [9.17, 15) is 0 Å². The predicted molar refractivity (Wildman–Crippen MR) is 46.1 cm³/mol. The summed E-state index contributed by atoms with van der Waals surface area (Å²) in [6, 6.07) is 1.92. The van der Waals surface area contributed by atoms with Crippen LogP contribution in [0.2, 0.25) is 0 Å². The molecule has 0 spiro atoms. The Kier molecular flexibility index (Phi) is 4.50. The van der Waals surface area contributed by atoms with Crippen molar-refractivity contribution in [2.75, 3.05) is 7.05 Å². The minimum absolute atomic E-state index is 0.311. The highest BCUT2D eigenvalue weighted by atomic mass is 14.9. The van der Waals surface area contributed by atoms with E-state index in [1.807, 2.05) is 19.1 Å². The number of likely N-dealkylation sites (N-methyl/N-ethyl adjacent to an activating group) is 1. The number of hydrogen-bond acceptors (Lipinski definition) is 3. The van der Waals surface area contributed by atoms with Gasteiger partial charge in [-0.1, -0.05) is 6.08 Å². The van der Waals surface area contributed by atoms with Crippen LogP contribution in [0.15, 0.2) is 28.5 Å². The first kappa shape index (κ1) is 9.44. The summed E-state index contributed by atoms with van der Waals surface area (Å²) in [5.41, 5.74) is 0.996. The molecule has 0 aromatic heterocycles. The van der Waals surface area contributed by atoms with Gasteiger partial charge >= 0.3 is 0 Å². The van der Waals surface area contributed by atoms with Crippen molar-refractivity contribution in [1.82, 2.24) is 5.32 Å². The van der Waals surface area contributed by atoms with E-state index >= 15 is 0 Å². The van der Waals surface area contributed by atoms with Gasteiger partial charge in [0.15, 0.2) is 5.70 Å². The fourth-order valence-corrected chi connectivity index (χ4v) is 0.628. The third-order valence-electron chi connectivity index (χ3n) is 1.12. The van der Waals surface area contributed by atoms with Crippen LogP contribution in [0.4, 0.5) is 0 Å². The molecule has 0 fully saturated rings. The van der Waals surface area contributed by atoms with E-state index in [1.165, 1.54) is 0 Å². The standard InChI is InChI=1S/C8H11N3/c1-4-5-7(10-2)8(6-9)11-3/h4-5,10H,3H2,1-2H3/b5-4-,8-7+. The molecule has 0 heterocycles. The maximum absolute atomic E-state index is 8.54. The number of hydrogen-bond donors (Lipinski definition) is 1. The van der Waals surface area contributed by atoms with Gasteiger partial charge in [0.2, 0.25) is 0 Å². The van der Waals surface area contributed by atoms with E-state index in [0.29, 0.717) is 11.4 Å². The molecule has 0 amide bonds. The quantitative estimate of drug-likeness (QED) is 0.372. The van der Waals surface area contributed by atoms with Crippen LogP contribution in [-0.4, -0.2) is 13.8 Å². The predicted octanol–water partition coefficient (Wildman–Crippen LogP) is 1.22. The maximum atomic E-state index is 8.54. The van der Waals surface area contributed by atoms with Crippen LogP contribution in [0.25, 0.3) is 0 Å². The van der Waals surface area contributed by atoms with E-state index in [1.54, 1.807) is 13.1 Å². The highest BCUT2D eigenvalue weighted by molar-refractivity contribution is 5.40. The van der Waals surface area contributed by atoms with Gasteiger partial charge in [-0.3, -0.25) is 4.99 Å². The molecule has 0 aromatic carbocycles. The van der Waals surface area contributed by atoms with Gasteiger partial charge in [-0.05, 0) is 19.7 Å². The molecular weight excluding hydrogens is 138 g/mol. The Balaban J connectivity index is 4.80. The molecule has 0 aliphatic carbocycles. The summed E-state index contributed by atoms with van der Waals surface area (Å²) < 4.78 is 0. The Morgan fingerprint density at radius 2 is 2.36 bits per heavy atom. The first-order valence-corrected chi connectivity index (χ1v) is 3.21. The molecular formula is C8H11N3. The van der Waals surface area contributed by atoms with Crippen LogP contribution < -0.4 is 5.32 Å². The zero-order chi connectivity index (χ0) is 8.69. The molecule has 0 radical (unpaired) electrons. The molecule has 1 N–H and O–H groups in total. The Morgan fingerprint density at radius 1 is 1.73 bits per heavy atom. The van der Waals surface area contributed by atoms with Crippen molar-refractivity contribution in [3.63, 3.8) is 0 Å². The molecule has 3 heteroatoms. The van der Waals surface area contributed by atoms with Crippen LogP contribution in [0.5, 0.6) is 0 Å². The molecule has 0 aromatic rings. The van der Waals surface area contributed by atoms with Crippen molar-refractivity contribution in [1.29, 1.82) is 5.26 Å². The highest BCUT2D eigenvalue weighted by Gasteiger charge is 1.96. The summed E-state index contributed by atoms with van der Waals surface area (Å²) in [6.45, 7) is 5.15. The van der Waals surface area contributed by atoms with Gasteiger partial charge in [-0.15, -0.1) is 0 Å². The van der Waals surface area contributed by atoms with Crippen molar-refractivity contribution in [3.05, 3.63) is 23.5 Å². The minimum atomic E-state index is 0.311. The first-order chi connectivity index (χ1) is 5.29. The topological polar surface area (TPSA) is 48.2 Å². The molecule has 0 aliphatic rings. The lowest BCUT2D eigenvalue weighted by molar-refractivity contribution is 1.01. The lowest BCUT2D eigenvalue weighted by Gasteiger charge is -1.99. The van der Waals surface area contributed by atoms with E-state index in [0.717, 1.165) is 0 Å². The lowest BCUT2D eigenvalue weighted by atomic mass is 10.3. The summed E-state index contributed by atoms with van der Waals surface area (Å²) in [5.74, 6) is 0. The monoisotopic (exact) mass is 149 g/mol. The number of nitrogens with one attached hydrogen (secondary N) is 1. The average molecular weight is 149 g/mol. The average Bonchev–Trinajstić information content (AvgIpc) is 2.05. The van der Waals surface area contributed by atoms with Gasteiger partial charge in [-0.25, -0.2) is 0 Å². The smallest absolute Gasteiger partial charge is 0.162 e. The zero-order valence-electron chi connectivity index (χ0n) is 6.76. The SMILES string of the molecule is C=N/C(C#N)=C(\C=C/C)NC. The number of rotatable bonds is 3. The van der Waals surface area contributed by atoms with Gasteiger partial charge in [0, 0.05) is 7.05 Å². The molecule has 0 saturated carbocycles. The van der Waals surface area contributed by atoms with Crippen LogP contribution >= 0.6 is 0 Å². The summed E-state index contributed by atoms with van der Waals surface area (Å²) in [6.07, 6.45) is 3.60. The second-order valence-corrected chi connectivity index (χ2v) is 1.78. The second kappa shape index (κ2) is 5.24. The van der Waals surface area contributed by atoms with Crippen molar-refractivity contribution in [2.45, 2.75) is 6.92 Å². The molecule has 0 saturated heterocycles. The summed E-state index contributed by atoms with van der Waals surface area (Å²) in [7, 11) is 1.73. The van der Waals surface area contributed by atoms with Crippen LogP contribution in [0, 0.1) is 11.3 Å². The fraction of sp³-hybridized carbons (Fsp3) is 0.250. The van der Waals surface area contributed by atoms with E-state index in [4.69, 9.17) is 5.26 Å². The van der Waals surface area contributed by atoms with Crippen molar-refractivity contribution < 1.29 is 0 Å². The Hall–Kier alpha value is -1.56. The molecule has 0 rings (SSSR count). The maximum Gasteiger partial charge on any atom is 0.162 e. The Labute approximate surface area is 66.8 Å². The largest absolute Gasteiger partial charge is 0.386 e. The fourth-order valence-electron chi connectivity index (χ4n) is 0.628. The minimum Gasteiger partial charge on any atom is -0.386 e. The van der Waals surface area contributed by atoms with Crippen molar-refractivity contribution in [2.24, 2.45) is 4.99 Å². The van der Waals surface area contributed by atoms with E-state index in [2.05, 4.69) is 17.0 Å². The second-order valence-electron chi connectivity index (χ2n) is 1.78. The molecule has 11 heavy (non-hydrogen) atoms. The first-order valence-electron chi connectivity index (χ1n) is 3.21. The molecule has 0 bridgehead atoms. The van der Waals surface area contributed by atoms with Gasteiger partial charge in [0.05, 0.1) is 5.70 Å². The number of allylic oxidation sites excluding steroid dienone is 3. The molecule has 58 valence electrons. The third-order valence-corrected chi connectivity index (χ3v) is 1.12. The normalized spacial score (nSPS) is 12.1.